The fourth-order valence-corrected chi connectivity index (χ4v) is 13.2. The molecule has 13 rings (SSSR count). The van der Waals surface area contributed by atoms with Gasteiger partial charge in [-0.3, -0.25) is 58.3 Å². The highest BCUT2D eigenvalue weighted by atomic mass is 35.5. The molecule has 26 nitrogen and oxygen atoms in total. The first-order chi connectivity index (χ1) is 64.9. The number of aromatic nitrogens is 4. The standard InChI is InChI=1S/C24H17F5N2O4.C23H17ClF4N2O5.C22H15Cl2F3N2O5.C21H13Cl2F3N2O4/c1-13(32)19-12-14(9-11-30-19)31-22(33)21-17-8-10-23(25,26)18(17)6-7-20(21)34-15-2-4-16(5-3-15)35-24(27,28)29;1-11-10-29-16(12(2)31)9-15(11)30-22(32)20-18(7-5-14(24)21(20)25)34-17-6-4-13(8-19(17)33-3)35-23(26,27)28;1-11(30)16-9-13(5-6-28-16)29-21(31)20-15(24)7-12(23)8-19(20)33-17-4-3-14(10-18(17)32-2)34-22(25,26)27;1-11(29)17-10-13(6-7-27-17)28-20(30)19-16(23)8-12(22)9-18(19)31-14-2-4-15(5-3-14)32-21(24,25)26/h2-7,9,11-12H,8,10H2,1H3,(H,30,31,33);4-10H,1-3H3,(H,29,30,32);3-10H,1-2H3,(H,28,29,31);2-10H,1H3,(H,27,28,30)/i;;2D3;. The number of carbonyl (C=O) groups is 8. The Morgan fingerprint density at radius 1 is 0.375 bits per heavy atom. The molecular weight excluding hydrogens is 1940 g/mol. The van der Waals surface area contributed by atoms with Crippen LogP contribution >= 0.6 is 58.0 Å². The molecule has 0 radical (unpaired) electrons. The number of rotatable bonds is 26. The molecule has 8 aromatic carbocycles. The van der Waals surface area contributed by atoms with Crippen LogP contribution in [0, 0.1) is 12.7 Å². The average Bonchev–Trinajstić information content (AvgIpc) is 1.61. The first-order valence-corrected chi connectivity index (χ1v) is 39.9. The van der Waals surface area contributed by atoms with Crippen molar-refractivity contribution in [2.24, 2.45) is 0 Å². The second kappa shape index (κ2) is 44.0. The van der Waals surface area contributed by atoms with Crippen molar-refractivity contribution in [2.45, 2.75) is 78.8 Å². The van der Waals surface area contributed by atoms with Crippen LogP contribution in [0.2, 0.25) is 25.1 Å². The van der Waals surface area contributed by atoms with E-state index < -0.39 is 109 Å². The van der Waals surface area contributed by atoms with E-state index in [1.165, 1.54) is 163 Å². The SMILES string of the molecule is CC(=O)c1cc(NC(=O)c2c(Cl)cc(Cl)cc2Oc2ccc(OC(F)(F)F)cc2)ccn1.CC(=O)c1cc(NC(=O)c2c(Oc3ccc(OC(F)(F)F)cc3)ccc3c2CCC3(F)F)ccn1.COc1cc(OC(F)(F)F)ccc1Oc1ccc(Cl)c(F)c1C(=O)Nc1cc(C(C)=O)ncc1C.[2H]C([2H])([2H])Oc1cc(OC(F)(F)F)ccc1Oc1cc(Cl)cc(Cl)c1C(=O)Nc1ccnc(C(C)=O)c1. The first kappa shape index (κ1) is 98.8. The number of amides is 4. The number of carbonyl (C=O) groups excluding carboxylic acids is 8. The van der Waals surface area contributed by atoms with Crippen LogP contribution in [-0.4, -0.2) is 106 Å². The largest absolute Gasteiger partial charge is 0.573 e. The Hall–Kier alpha value is -14.7. The Morgan fingerprint density at radius 3 is 1.15 bits per heavy atom. The predicted molar refractivity (Wildman–Crippen MR) is 462 cm³/mol. The van der Waals surface area contributed by atoms with E-state index in [1.807, 2.05) is 0 Å². The Bertz CT molecular complexity index is 6690. The van der Waals surface area contributed by atoms with E-state index >= 15 is 0 Å². The molecule has 0 atom stereocenters. The summed E-state index contributed by atoms with van der Waals surface area (Å²) < 4.78 is 263. The normalized spacial score (nSPS) is 12.3. The highest BCUT2D eigenvalue weighted by Crippen LogP contribution is 2.48. The number of ketones is 4. The lowest BCUT2D eigenvalue weighted by atomic mass is 10.0. The molecule has 136 heavy (non-hydrogen) atoms. The number of anilines is 4. The lowest BCUT2D eigenvalue weighted by Gasteiger charge is -2.17. The molecule has 0 saturated heterocycles. The molecule has 1 aliphatic rings. The summed E-state index contributed by atoms with van der Waals surface area (Å²) in [5.41, 5.74) is 0.563. The number of fused-ring (bicyclic) bond motifs is 1. The number of pyridine rings is 4. The van der Waals surface area contributed by atoms with E-state index in [-0.39, 0.29) is 174 Å². The van der Waals surface area contributed by atoms with E-state index in [0.29, 0.717) is 17.3 Å². The van der Waals surface area contributed by atoms with E-state index in [9.17, 15) is 104 Å². The second-order valence-corrected chi connectivity index (χ2v) is 29.8. The number of methoxy groups -OCH3 is 2. The Balaban J connectivity index is 0.000000191. The maximum Gasteiger partial charge on any atom is 0.573 e. The zero-order valence-electron chi connectivity index (χ0n) is 72.7. The predicted octanol–water partition coefficient (Wildman–Crippen LogP) is 25.7. The molecule has 0 bridgehead atoms. The zero-order valence-corrected chi connectivity index (χ0v) is 73.4. The minimum Gasteiger partial charge on any atom is -0.493 e. The van der Waals surface area contributed by atoms with Crippen LogP contribution in [0.15, 0.2) is 201 Å². The highest BCUT2D eigenvalue weighted by Gasteiger charge is 2.43. The van der Waals surface area contributed by atoms with E-state index in [0.717, 1.165) is 66.7 Å². The number of halogens is 20. The lowest BCUT2D eigenvalue weighted by molar-refractivity contribution is -0.275. The number of nitrogens with zero attached hydrogens (tertiary/aromatic N) is 4. The summed E-state index contributed by atoms with van der Waals surface area (Å²) in [6.07, 6.45) is -14.9. The van der Waals surface area contributed by atoms with Crippen LogP contribution in [0.5, 0.6) is 80.5 Å². The highest BCUT2D eigenvalue weighted by molar-refractivity contribution is 6.39. The fourth-order valence-electron chi connectivity index (χ4n) is 11.9. The van der Waals surface area contributed by atoms with Crippen molar-refractivity contribution < 1.29 is 156 Å². The van der Waals surface area contributed by atoms with Crippen molar-refractivity contribution in [1.29, 1.82) is 0 Å². The Labute approximate surface area is 787 Å². The molecule has 0 saturated carbocycles. The summed E-state index contributed by atoms with van der Waals surface area (Å²) in [6, 6.07) is 33.9. The van der Waals surface area contributed by atoms with Crippen molar-refractivity contribution in [3.8, 4) is 80.5 Å². The van der Waals surface area contributed by atoms with E-state index in [2.05, 4.69) is 60.2 Å². The number of hydrogen-bond donors (Lipinski definition) is 4. The number of alkyl halides is 14. The van der Waals surface area contributed by atoms with Crippen molar-refractivity contribution in [1.82, 2.24) is 19.9 Å². The average molecular weight is 2010 g/mol. The Kier molecular flexibility index (Phi) is 32.0. The van der Waals surface area contributed by atoms with Gasteiger partial charge in [0.1, 0.15) is 97.0 Å². The van der Waals surface area contributed by atoms with Crippen LogP contribution in [0.3, 0.4) is 0 Å². The summed E-state index contributed by atoms with van der Waals surface area (Å²) in [5.74, 6) is -12.9. The molecule has 0 spiro atoms. The van der Waals surface area contributed by atoms with Gasteiger partial charge < -0.3 is 68.6 Å². The smallest absolute Gasteiger partial charge is 0.493 e. The van der Waals surface area contributed by atoms with Gasteiger partial charge in [-0.2, -0.15) is 0 Å². The second-order valence-electron chi connectivity index (χ2n) is 27.7. The summed E-state index contributed by atoms with van der Waals surface area (Å²) in [5, 5.41) is 9.80. The van der Waals surface area contributed by atoms with Gasteiger partial charge in [-0.05, 0) is 176 Å². The number of nitrogens with one attached hydrogen (secondary N) is 4. The molecule has 4 heterocycles. The molecule has 0 unspecified atom stereocenters. The summed E-state index contributed by atoms with van der Waals surface area (Å²) in [7, 11) is -1.90. The molecule has 710 valence electrons. The van der Waals surface area contributed by atoms with Gasteiger partial charge in [0.2, 0.25) is 0 Å². The van der Waals surface area contributed by atoms with Gasteiger partial charge in [0.05, 0.1) is 38.9 Å². The van der Waals surface area contributed by atoms with Crippen LogP contribution < -0.4 is 68.6 Å². The fraction of sp³-hybridized carbons (Fsp3) is 0.156. The first-order valence-electron chi connectivity index (χ1n) is 39.5. The number of ether oxygens (including phenoxy) is 10. The lowest BCUT2D eigenvalue weighted by Crippen LogP contribution is -2.17. The van der Waals surface area contributed by atoms with Gasteiger partial charge in [-0.25, -0.2) is 13.2 Å². The van der Waals surface area contributed by atoms with E-state index in [1.54, 1.807) is 6.92 Å². The number of Topliss-reactive ketones (excluding diaryl/α,β-unsaturated/α-hetero) is 4. The van der Waals surface area contributed by atoms with Crippen molar-refractivity contribution >= 4 is 128 Å². The molecule has 12 aromatic rings. The molecule has 0 aliphatic heterocycles. The van der Waals surface area contributed by atoms with Gasteiger partial charge in [0.15, 0.2) is 51.9 Å². The van der Waals surface area contributed by atoms with Gasteiger partial charge in [-0.1, -0.05) is 58.0 Å². The quantitative estimate of drug-likeness (QED) is 0.0289. The van der Waals surface area contributed by atoms with Gasteiger partial charge in [0.25, 0.3) is 29.6 Å². The number of hydrogen-bond acceptors (Lipinski definition) is 22. The van der Waals surface area contributed by atoms with Crippen molar-refractivity contribution in [3.05, 3.63) is 293 Å². The topological polar surface area (TPSA) is 329 Å². The maximum atomic E-state index is 14.9. The molecule has 4 amide bonds. The van der Waals surface area contributed by atoms with Crippen molar-refractivity contribution in [2.75, 3.05) is 35.4 Å². The van der Waals surface area contributed by atoms with Crippen molar-refractivity contribution in [3.63, 3.8) is 0 Å². The van der Waals surface area contributed by atoms with Crippen LogP contribution in [0.1, 0.15) is 138 Å². The van der Waals surface area contributed by atoms with Gasteiger partial charge in [-0.15, -0.1) is 52.7 Å². The molecule has 0 fully saturated rings. The Morgan fingerprint density at radius 2 is 0.728 bits per heavy atom. The van der Waals surface area contributed by atoms with Crippen LogP contribution in [-0.2, 0) is 12.3 Å². The zero-order chi connectivity index (χ0) is 102. The molecule has 4 N–H and O–H groups in total. The third kappa shape index (κ3) is 28.9. The van der Waals surface area contributed by atoms with Gasteiger partial charge >= 0.3 is 25.4 Å². The summed E-state index contributed by atoms with van der Waals surface area (Å²) >= 11 is 30.4. The third-order valence-corrected chi connectivity index (χ3v) is 19.2. The monoisotopic (exact) mass is 2010 g/mol. The van der Waals surface area contributed by atoms with Crippen LogP contribution in [0.25, 0.3) is 0 Å². The number of aryl methyl sites for hydroxylation is 1. The van der Waals surface area contributed by atoms with E-state index in [4.69, 9.17) is 90.5 Å². The minimum absolute atomic E-state index is 0.0228. The number of benzene rings is 8. The maximum absolute atomic E-state index is 14.9. The van der Waals surface area contributed by atoms with Gasteiger partial charge in [0, 0.05) is 122 Å². The molecule has 46 heteroatoms. The third-order valence-electron chi connectivity index (χ3n) is 17.8. The summed E-state index contributed by atoms with van der Waals surface area (Å²) in [6.45, 7) is 6.84. The molecule has 1 aliphatic carbocycles. The molecule has 4 aromatic heterocycles. The van der Waals surface area contributed by atoms with Crippen LogP contribution in [0.4, 0.5) is 88.6 Å². The minimum atomic E-state index is -5.05. The molecular formula is C90H62Cl5F15N8O18. The summed E-state index contributed by atoms with van der Waals surface area (Å²) in [4.78, 5) is 114.